The molecule has 0 unspecified atom stereocenters. The number of piperidine rings is 1. The lowest BCUT2D eigenvalue weighted by Crippen LogP contribution is -2.58. The van der Waals surface area contributed by atoms with Crippen molar-refractivity contribution in [1.29, 1.82) is 0 Å². The van der Waals surface area contributed by atoms with Crippen molar-refractivity contribution in [2.24, 2.45) is 0 Å². The Bertz CT molecular complexity index is 1070. The van der Waals surface area contributed by atoms with Gasteiger partial charge in [-0.05, 0) is 41.3 Å². The van der Waals surface area contributed by atoms with E-state index in [0.29, 0.717) is 12.8 Å². The van der Waals surface area contributed by atoms with Gasteiger partial charge in [-0.15, -0.1) is 0 Å². The second-order valence-electron chi connectivity index (χ2n) is 8.25. The van der Waals surface area contributed by atoms with Crippen LogP contribution in [0.4, 0.5) is 5.69 Å². The molecule has 1 aliphatic heterocycles. The highest BCUT2D eigenvalue weighted by molar-refractivity contribution is 5.92. The Hall–Kier alpha value is -3.38. The predicted octanol–water partition coefficient (Wildman–Crippen LogP) is 3.58. The Kier molecular flexibility index (Phi) is 6.71. The van der Waals surface area contributed by atoms with Gasteiger partial charge in [0.05, 0.1) is 7.11 Å². The molecule has 0 radical (unpaired) electrons. The van der Waals surface area contributed by atoms with Gasteiger partial charge >= 0.3 is 5.97 Å². The zero-order valence-electron chi connectivity index (χ0n) is 18.3. The number of esters is 1. The van der Waals surface area contributed by atoms with Crippen molar-refractivity contribution < 1.29 is 14.3 Å². The molecule has 1 fully saturated rings. The van der Waals surface area contributed by atoms with Crippen LogP contribution in [0.15, 0.2) is 72.8 Å². The quantitative estimate of drug-likeness (QED) is 0.560. The van der Waals surface area contributed by atoms with Crippen LogP contribution in [0.1, 0.15) is 18.4 Å². The Labute approximate surface area is 188 Å². The number of benzene rings is 3. The third kappa shape index (κ3) is 4.92. The summed E-state index contributed by atoms with van der Waals surface area (Å²) in [7, 11) is 1.32. The molecule has 166 valence electrons. The summed E-state index contributed by atoms with van der Waals surface area (Å²) in [5.74, 6) is -0.627. The largest absolute Gasteiger partial charge is 0.468 e. The number of likely N-dealkylation sites (tertiary alicyclic amines) is 1. The van der Waals surface area contributed by atoms with Crippen molar-refractivity contribution in [3.05, 3.63) is 78.4 Å². The van der Waals surface area contributed by atoms with E-state index >= 15 is 0 Å². The van der Waals surface area contributed by atoms with Gasteiger partial charge in [0.15, 0.2) is 0 Å². The summed E-state index contributed by atoms with van der Waals surface area (Å²) in [6, 6.07) is 24.6. The molecule has 0 spiro atoms. The average molecular weight is 432 g/mol. The first-order valence-electron chi connectivity index (χ1n) is 11.0. The topological polar surface area (TPSA) is 70.7 Å². The van der Waals surface area contributed by atoms with Crippen LogP contribution in [0.2, 0.25) is 0 Å². The summed E-state index contributed by atoms with van der Waals surface area (Å²) >= 11 is 0. The first kappa shape index (κ1) is 21.8. The summed E-state index contributed by atoms with van der Waals surface area (Å²) in [6.07, 6.45) is 1.28. The normalized spacial score (nSPS) is 15.8. The molecule has 0 aromatic heterocycles. The van der Waals surface area contributed by atoms with E-state index in [0.717, 1.165) is 25.3 Å². The summed E-state index contributed by atoms with van der Waals surface area (Å²) in [4.78, 5) is 27.1. The van der Waals surface area contributed by atoms with E-state index < -0.39 is 11.5 Å². The SMILES string of the molecule is COC(=O)CNC(=O)C1(Nc2ccccc2)CCN(Cc2cccc3ccccc23)CC1. The van der Waals surface area contributed by atoms with Gasteiger partial charge in [0.2, 0.25) is 5.91 Å². The third-order valence-corrected chi connectivity index (χ3v) is 6.20. The van der Waals surface area contributed by atoms with Crippen LogP contribution in [0.3, 0.4) is 0 Å². The monoisotopic (exact) mass is 431 g/mol. The number of para-hydroxylation sites is 1. The Morgan fingerprint density at radius 2 is 1.62 bits per heavy atom. The van der Waals surface area contributed by atoms with Gasteiger partial charge in [0, 0.05) is 25.3 Å². The van der Waals surface area contributed by atoms with Crippen molar-refractivity contribution in [2.75, 3.05) is 32.1 Å². The number of nitrogens with zero attached hydrogens (tertiary/aromatic N) is 1. The van der Waals surface area contributed by atoms with Gasteiger partial charge < -0.3 is 15.4 Å². The Morgan fingerprint density at radius 3 is 2.38 bits per heavy atom. The molecule has 1 amide bonds. The second-order valence-corrected chi connectivity index (χ2v) is 8.25. The molecule has 1 heterocycles. The molecular formula is C26H29N3O3. The van der Waals surface area contributed by atoms with E-state index in [1.807, 2.05) is 30.3 Å². The highest BCUT2D eigenvalue weighted by atomic mass is 16.5. The molecule has 0 aliphatic carbocycles. The number of hydrogen-bond donors (Lipinski definition) is 2. The first-order valence-corrected chi connectivity index (χ1v) is 11.0. The lowest BCUT2D eigenvalue weighted by atomic mass is 9.85. The number of fused-ring (bicyclic) bond motifs is 1. The van der Waals surface area contributed by atoms with Crippen LogP contribution in [-0.4, -0.2) is 49.1 Å². The number of carbonyl (C=O) groups excluding carboxylic acids is 2. The van der Waals surface area contributed by atoms with Crippen molar-refractivity contribution in [3.8, 4) is 0 Å². The van der Waals surface area contributed by atoms with Gasteiger partial charge in [-0.25, -0.2) is 0 Å². The van der Waals surface area contributed by atoms with E-state index in [1.54, 1.807) is 0 Å². The fourth-order valence-electron chi connectivity index (χ4n) is 4.36. The standard InChI is InChI=1S/C26H29N3O3/c1-32-24(30)18-27-25(31)26(28-22-11-3-2-4-12-22)14-16-29(17-15-26)19-21-10-7-9-20-8-5-6-13-23(20)21/h2-13,28H,14-19H2,1H3,(H,27,31). The fourth-order valence-corrected chi connectivity index (χ4v) is 4.36. The fraction of sp³-hybridized carbons (Fsp3) is 0.308. The number of rotatable bonds is 7. The highest BCUT2D eigenvalue weighted by Crippen LogP contribution is 2.29. The minimum Gasteiger partial charge on any atom is -0.468 e. The lowest BCUT2D eigenvalue weighted by molar-refractivity contribution is -0.141. The van der Waals surface area contributed by atoms with E-state index in [4.69, 9.17) is 0 Å². The van der Waals surface area contributed by atoms with Gasteiger partial charge in [0.1, 0.15) is 12.1 Å². The maximum absolute atomic E-state index is 13.2. The molecule has 0 bridgehead atoms. The number of hydrogen-bond acceptors (Lipinski definition) is 5. The molecule has 3 aromatic rings. The zero-order chi connectivity index (χ0) is 22.4. The zero-order valence-corrected chi connectivity index (χ0v) is 18.3. The summed E-state index contributed by atoms with van der Waals surface area (Å²) in [6.45, 7) is 2.25. The minimum absolute atomic E-state index is 0.132. The Balaban J connectivity index is 1.48. The predicted molar refractivity (Wildman–Crippen MR) is 126 cm³/mol. The number of ether oxygens (including phenoxy) is 1. The van der Waals surface area contributed by atoms with E-state index in [2.05, 4.69) is 62.7 Å². The Morgan fingerprint density at radius 1 is 0.938 bits per heavy atom. The van der Waals surface area contributed by atoms with Crippen molar-refractivity contribution >= 4 is 28.3 Å². The molecule has 0 atom stereocenters. The van der Waals surface area contributed by atoms with Gasteiger partial charge in [-0.3, -0.25) is 14.5 Å². The molecular weight excluding hydrogens is 402 g/mol. The molecule has 1 aliphatic rings. The maximum Gasteiger partial charge on any atom is 0.325 e. The summed E-state index contributed by atoms with van der Waals surface area (Å²) in [5, 5.41) is 8.73. The van der Waals surface area contributed by atoms with Gasteiger partial charge in [0.25, 0.3) is 0 Å². The smallest absolute Gasteiger partial charge is 0.325 e. The van der Waals surface area contributed by atoms with Gasteiger partial charge in [-0.2, -0.15) is 0 Å². The molecule has 6 heteroatoms. The van der Waals surface area contributed by atoms with E-state index in [9.17, 15) is 9.59 Å². The number of amides is 1. The van der Waals surface area contributed by atoms with Crippen molar-refractivity contribution in [3.63, 3.8) is 0 Å². The minimum atomic E-state index is -0.773. The summed E-state index contributed by atoms with van der Waals surface area (Å²) in [5.41, 5.74) is 1.41. The van der Waals surface area contributed by atoms with Crippen LogP contribution in [0, 0.1) is 0 Å². The first-order chi connectivity index (χ1) is 15.6. The third-order valence-electron chi connectivity index (χ3n) is 6.20. The molecule has 4 rings (SSSR count). The van der Waals surface area contributed by atoms with Crippen molar-refractivity contribution in [2.45, 2.75) is 24.9 Å². The highest BCUT2D eigenvalue weighted by Gasteiger charge is 2.41. The maximum atomic E-state index is 13.2. The van der Waals surface area contributed by atoms with Gasteiger partial charge in [-0.1, -0.05) is 60.7 Å². The van der Waals surface area contributed by atoms with Crippen molar-refractivity contribution in [1.82, 2.24) is 10.2 Å². The van der Waals surface area contributed by atoms with Crippen LogP contribution in [-0.2, 0) is 20.9 Å². The number of anilines is 1. The average Bonchev–Trinajstić information content (AvgIpc) is 2.84. The number of methoxy groups -OCH3 is 1. The van der Waals surface area contributed by atoms with Crippen LogP contribution in [0.5, 0.6) is 0 Å². The molecule has 1 saturated heterocycles. The van der Waals surface area contributed by atoms with Crippen LogP contribution in [0.25, 0.3) is 10.8 Å². The van der Waals surface area contributed by atoms with E-state index in [1.165, 1.54) is 23.4 Å². The summed E-state index contributed by atoms with van der Waals surface area (Å²) < 4.78 is 4.68. The lowest BCUT2D eigenvalue weighted by Gasteiger charge is -2.41. The molecule has 32 heavy (non-hydrogen) atoms. The second kappa shape index (κ2) is 9.83. The van der Waals surface area contributed by atoms with E-state index in [-0.39, 0.29) is 12.5 Å². The van der Waals surface area contributed by atoms with Crippen LogP contribution >= 0.6 is 0 Å². The molecule has 3 aromatic carbocycles. The molecule has 2 N–H and O–H groups in total. The molecule has 6 nitrogen and oxygen atoms in total. The molecule has 0 saturated carbocycles. The number of carbonyl (C=O) groups is 2. The van der Waals surface area contributed by atoms with Crippen LogP contribution < -0.4 is 10.6 Å². The number of nitrogens with one attached hydrogen (secondary N) is 2.